The minimum Gasteiger partial charge on any atom is -0.480 e. The molecule has 0 rings (SSSR count). The largest absolute Gasteiger partial charge is 0.480 e. The molecule has 2 N–H and O–H groups in total. The molecule has 0 heterocycles. The lowest BCUT2D eigenvalue weighted by molar-refractivity contribution is -0.138. The smallest absolute Gasteiger partial charge is 0.317 e. The normalized spacial score (nSPS) is 10.6. The minimum atomic E-state index is -0.750. The van der Waals surface area contributed by atoms with Gasteiger partial charge >= 0.3 is 5.97 Å². The van der Waals surface area contributed by atoms with E-state index in [1.807, 2.05) is 18.9 Å². The number of nitrogens with zero attached hydrogens (tertiary/aromatic N) is 1. The van der Waals surface area contributed by atoms with E-state index in [9.17, 15) is 4.79 Å². The van der Waals surface area contributed by atoms with Gasteiger partial charge in [-0.3, -0.25) is 9.69 Å². The van der Waals surface area contributed by atoms with Crippen molar-refractivity contribution in [1.29, 1.82) is 0 Å². The van der Waals surface area contributed by atoms with Gasteiger partial charge in [-0.15, -0.1) is 0 Å². The third kappa shape index (κ3) is 6.12. The molecule has 0 aliphatic carbocycles. The summed E-state index contributed by atoms with van der Waals surface area (Å²) in [5.74, 6) is -0.750. The van der Waals surface area contributed by atoms with E-state index in [2.05, 4.69) is 5.32 Å². The van der Waals surface area contributed by atoms with Crippen LogP contribution in [0.4, 0.5) is 0 Å². The summed E-state index contributed by atoms with van der Waals surface area (Å²) in [4.78, 5) is 12.3. The Morgan fingerprint density at radius 3 is 2.58 bits per heavy atom. The number of carbonyl (C=O) groups is 1. The molecule has 0 amide bonds. The molecule has 0 bridgehead atoms. The van der Waals surface area contributed by atoms with E-state index >= 15 is 0 Å². The van der Waals surface area contributed by atoms with Crippen LogP contribution in [0.1, 0.15) is 13.3 Å². The molecule has 0 aromatic heterocycles. The highest BCUT2D eigenvalue weighted by atomic mass is 16.4. The van der Waals surface area contributed by atoms with Crippen LogP contribution in [0.5, 0.6) is 0 Å². The van der Waals surface area contributed by atoms with Gasteiger partial charge in [-0.1, -0.05) is 6.92 Å². The van der Waals surface area contributed by atoms with Crippen molar-refractivity contribution < 1.29 is 9.90 Å². The maximum absolute atomic E-state index is 10.4. The predicted octanol–water partition coefficient (Wildman–Crippen LogP) is 0.00240. The van der Waals surface area contributed by atoms with Crippen molar-refractivity contribution in [1.82, 2.24) is 10.2 Å². The van der Waals surface area contributed by atoms with Crippen LogP contribution in [0.25, 0.3) is 0 Å². The van der Waals surface area contributed by atoms with Crippen LogP contribution in [-0.2, 0) is 4.79 Å². The van der Waals surface area contributed by atoms with Gasteiger partial charge in [-0.2, -0.15) is 0 Å². The molecule has 0 aromatic rings. The average Bonchev–Trinajstić information content (AvgIpc) is 2.00. The number of carboxylic acids is 1. The fraction of sp³-hybridized carbons (Fsp3) is 0.875. The lowest BCUT2D eigenvalue weighted by Gasteiger charge is -2.18. The number of likely N-dealkylation sites (N-methyl/N-ethyl adjacent to an activating group) is 1. The van der Waals surface area contributed by atoms with Crippen LogP contribution in [0.3, 0.4) is 0 Å². The van der Waals surface area contributed by atoms with E-state index < -0.39 is 5.97 Å². The Morgan fingerprint density at radius 2 is 2.17 bits per heavy atom. The summed E-state index contributed by atoms with van der Waals surface area (Å²) < 4.78 is 0. The molecule has 0 aliphatic heterocycles. The first-order valence-electron chi connectivity index (χ1n) is 4.29. The molecule has 0 fully saturated rings. The highest BCUT2D eigenvalue weighted by molar-refractivity contribution is 5.69. The monoisotopic (exact) mass is 174 g/mol. The first-order valence-corrected chi connectivity index (χ1v) is 4.29. The van der Waals surface area contributed by atoms with Gasteiger partial charge in [0.05, 0.1) is 6.54 Å². The van der Waals surface area contributed by atoms with Crippen LogP contribution in [-0.4, -0.2) is 49.2 Å². The molecule has 0 saturated heterocycles. The summed E-state index contributed by atoms with van der Waals surface area (Å²) >= 11 is 0. The van der Waals surface area contributed by atoms with Crippen LogP contribution in [0.15, 0.2) is 0 Å². The SMILES string of the molecule is CCCN(CCNC)CC(=O)O. The maximum atomic E-state index is 10.4. The molecule has 72 valence electrons. The van der Waals surface area contributed by atoms with Gasteiger partial charge in [0, 0.05) is 13.1 Å². The van der Waals surface area contributed by atoms with Gasteiger partial charge in [0.2, 0.25) is 0 Å². The second kappa shape index (κ2) is 7.06. The molecule has 0 radical (unpaired) electrons. The van der Waals surface area contributed by atoms with Crippen molar-refractivity contribution >= 4 is 5.97 Å². The number of carboxylic acid groups (broad SMARTS) is 1. The topological polar surface area (TPSA) is 52.6 Å². The van der Waals surface area contributed by atoms with Gasteiger partial charge in [-0.05, 0) is 20.0 Å². The van der Waals surface area contributed by atoms with Gasteiger partial charge < -0.3 is 10.4 Å². The molecule has 0 aliphatic rings. The Labute approximate surface area is 73.6 Å². The first-order chi connectivity index (χ1) is 5.70. The Kier molecular flexibility index (Phi) is 6.70. The number of hydrogen-bond donors (Lipinski definition) is 2. The average molecular weight is 174 g/mol. The second-order valence-corrected chi connectivity index (χ2v) is 2.77. The number of aliphatic carboxylic acids is 1. The number of rotatable bonds is 7. The van der Waals surface area contributed by atoms with E-state index in [1.54, 1.807) is 0 Å². The maximum Gasteiger partial charge on any atom is 0.317 e. The fourth-order valence-electron chi connectivity index (χ4n) is 1.05. The van der Waals surface area contributed by atoms with E-state index in [0.717, 1.165) is 26.1 Å². The van der Waals surface area contributed by atoms with Crippen LogP contribution >= 0.6 is 0 Å². The van der Waals surface area contributed by atoms with Crippen LogP contribution < -0.4 is 5.32 Å². The van der Waals surface area contributed by atoms with Crippen molar-refractivity contribution in [2.24, 2.45) is 0 Å². The third-order valence-electron chi connectivity index (χ3n) is 1.58. The minimum absolute atomic E-state index is 0.148. The van der Waals surface area contributed by atoms with E-state index in [-0.39, 0.29) is 6.54 Å². The zero-order valence-corrected chi connectivity index (χ0v) is 7.84. The van der Waals surface area contributed by atoms with Crippen molar-refractivity contribution in [2.45, 2.75) is 13.3 Å². The highest BCUT2D eigenvalue weighted by Gasteiger charge is 2.06. The number of hydrogen-bond acceptors (Lipinski definition) is 3. The summed E-state index contributed by atoms with van der Waals surface area (Å²) in [6, 6.07) is 0. The summed E-state index contributed by atoms with van der Waals surface area (Å²) in [5, 5.41) is 11.5. The molecule has 0 aromatic carbocycles. The highest BCUT2D eigenvalue weighted by Crippen LogP contribution is 1.89. The Balaban J connectivity index is 3.61. The lowest BCUT2D eigenvalue weighted by Crippen LogP contribution is -2.35. The standard InChI is InChI=1S/C8H18N2O2/c1-3-5-10(6-4-9-2)7-8(11)12/h9H,3-7H2,1-2H3,(H,11,12). The molecule has 0 spiro atoms. The van der Waals surface area contributed by atoms with Gasteiger partial charge in [-0.25, -0.2) is 0 Å². The van der Waals surface area contributed by atoms with Crippen molar-refractivity contribution in [2.75, 3.05) is 33.2 Å². The lowest BCUT2D eigenvalue weighted by atomic mass is 10.4. The molecular formula is C8H18N2O2. The predicted molar refractivity (Wildman–Crippen MR) is 48.3 cm³/mol. The zero-order valence-electron chi connectivity index (χ0n) is 7.84. The van der Waals surface area contributed by atoms with E-state index in [4.69, 9.17) is 5.11 Å². The second-order valence-electron chi connectivity index (χ2n) is 2.77. The molecule has 4 nitrogen and oxygen atoms in total. The molecule has 0 atom stereocenters. The summed E-state index contributed by atoms with van der Waals surface area (Å²) in [7, 11) is 1.87. The Bertz CT molecular complexity index is 128. The van der Waals surface area contributed by atoms with Gasteiger partial charge in [0.25, 0.3) is 0 Å². The van der Waals surface area contributed by atoms with E-state index in [1.165, 1.54) is 0 Å². The summed E-state index contributed by atoms with van der Waals surface area (Å²) in [6.45, 7) is 4.70. The Morgan fingerprint density at radius 1 is 1.50 bits per heavy atom. The molecule has 0 saturated carbocycles. The van der Waals surface area contributed by atoms with Gasteiger partial charge in [0.15, 0.2) is 0 Å². The Hall–Kier alpha value is -0.610. The van der Waals surface area contributed by atoms with Crippen molar-refractivity contribution in [3.63, 3.8) is 0 Å². The van der Waals surface area contributed by atoms with Crippen LogP contribution in [0, 0.1) is 0 Å². The first kappa shape index (κ1) is 11.4. The van der Waals surface area contributed by atoms with Crippen LogP contribution in [0.2, 0.25) is 0 Å². The molecule has 4 heteroatoms. The molecule has 12 heavy (non-hydrogen) atoms. The van der Waals surface area contributed by atoms with Gasteiger partial charge in [0.1, 0.15) is 0 Å². The van der Waals surface area contributed by atoms with Crippen molar-refractivity contribution in [3.05, 3.63) is 0 Å². The number of nitrogens with one attached hydrogen (secondary N) is 1. The third-order valence-corrected chi connectivity index (χ3v) is 1.58. The van der Waals surface area contributed by atoms with E-state index in [0.29, 0.717) is 0 Å². The summed E-state index contributed by atoms with van der Waals surface area (Å²) in [5.41, 5.74) is 0. The van der Waals surface area contributed by atoms with Crippen molar-refractivity contribution in [3.8, 4) is 0 Å². The zero-order chi connectivity index (χ0) is 9.40. The molecular weight excluding hydrogens is 156 g/mol. The summed E-state index contributed by atoms with van der Waals surface area (Å²) in [6.07, 6.45) is 0.997. The molecule has 0 unspecified atom stereocenters. The quantitative estimate of drug-likeness (QED) is 0.570. The fourth-order valence-corrected chi connectivity index (χ4v) is 1.05.